The smallest absolute Gasteiger partial charge is 0.131 e. The second kappa shape index (κ2) is 3.36. The van der Waals surface area contributed by atoms with Crippen LogP contribution >= 0.6 is 0 Å². The molecule has 0 aromatic heterocycles. The molecule has 1 nitrogen and oxygen atoms in total. The molecule has 1 aliphatic heterocycles. The Morgan fingerprint density at radius 2 is 1.59 bits per heavy atom. The summed E-state index contributed by atoms with van der Waals surface area (Å²) in [6.45, 7) is 6.68. The van der Waals surface area contributed by atoms with Gasteiger partial charge in [0.1, 0.15) is 11.5 Å². The standard InChI is InChI=1S/C16H16O/c1-11-7-6-10-14-15(11)16(2,3)12-8-4-5-9-13(12)17-14/h4-10H,1-3H3. The van der Waals surface area contributed by atoms with Gasteiger partial charge in [0.15, 0.2) is 0 Å². The van der Waals surface area contributed by atoms with Crippen molar-refractivity contribution < 1.29 is 4.74 Å². The van der Waals surface area contributed by atoms with Gasteiger partial charge in [0.2, 0.25) is 0 Å². The summed E-state index contributed by atoms with van der Waals surface area (Å²) in [5, 5.41) is 0. The summed E-state index contributed by atoms with van der Waals surface area (Å²) in [7, 11) is 0. The van der Waals surface area contributed by atoms with Crippen molar-refractivity contribution in [2.45, 2.75) is 26.2 Å². The fourth-order valence-corrected chi connectivity index (χ4v) is 2.85. The van der Waals surface area contributed by atoms with Crippen LogP contribution in [0.4, 0.5) is 0 Å². The van der Waals surface area contributed by atoms with Crippen molar-refractivity contribution in [1.82, 2.24) is 0 Å². The van der Waals surface area contributed by atoms with Crippen LogP contribution in [-0.4, -0.2) is 0 Å². The molecular formula is C16H16O. The molecule has 1 aliphatic rings. The molecule has 17 heavy (non-hydrogen) atoms. The summed E-state index contributed by atoms with van der Waals surface area (Å²) in [4.78, 5) is 0. The largest absolute Gasteiger partial charge is 0.457 e. The summed E-state index contributed by atoms with van der Waals surface area (Å²) in [5.41, 5.74) is 3.87. The summed E-state index contributed by atoms with van der Waals surface area (Å²) in [6.07, 6.45) is 0. The van der Waals surface area contributed by atoms with E-state index in [0.29, 0.717) is 0 Å². The molecule has 3 rings (SSSR count). The summed E-state index contributed by atoms with van der Waals surface area (Å²) < 4.78 is 5.99. The van der Waals surface area contributed by atoms with Gasteiger partial charge >= 0.3 is 0 Å². The van der Waals surface area contributed by atoms with E-state index in [4.69, 9.17) is 4.74 Å². The first kappa shape index (κ1) is 10.4. The molecular weight excluding hydrogens is 208 g/mol. The molecule has 0 fully saturated rings. The van der Waals surface area contributed by atoms with Gasteiger partial charge in [-0.2, -0.15) is 0 Å². The molecule has 0 aliphatic carbocycles. The van der Waals surface area contributed by atoms with E-state index in [1.807, 2.05) is 12.1 Å². The minimum atomic E-state index is 0.00944. The fraction of sp³-hybridized carbons (Fsp3) is 0.250. The number of fused-ring (bicyclic) bond motifs is 2. The Morgan fingerprint density at radius 1 is 0.882 bits per heavy atom. The van der Waals surface area contributed by atoms with Crippen LogP contribution in [0, 0.1) is 6.92 Å². The van der Waals surface area contributed by atoms with Crippen molar-refractivity contribution in [3.05, 3.63) is 59.2 Å². The van der Waals surface area contributed by atoms with Crippen molar-refractivity contribution in [2.24, 2.45) is 0 Å². The highest BCUT2D eigenvalue weighted by molar-refractivity contribution is 5.58. The highest BCUT2D eigenvalue weighted by Gasteiger charge is 2.34. The Kier molecular flexibility index (Phi) is 2.06. The maximum Gasteiger partial charge on any atom is 0.131 e. The van der Waals surface area contributed by atoms with E-state index in [-0.39, 0.29) is 5.41 Å². The Morgan fingerprint density at radius 3 is 2.41 bits per heavy atom. The number of hydrogen-bond acceptors (Lipinski definition) is 1. The van der Waals surface area contributed by atoms with Gasteiger partial charge in [0.05, 0.1) is 0 Å². The van der Waals surface area contributed by atoms with Gasteiger partial charge in [-0.05, 0) is 24.6 Å². The van der Waals surface area contributed by atoms with Gasteiger partial charge < -0.3 is 4.74 Å². The first-order chi connectivity index (χ1) is 8.10. The first-order valence-corrected chi connectivity index (χ1v) is 5.98. The summed E-state index contributed by atoms with van der Waals surface area (Å²) in [6, 6.07) is 14.6. The molecule has 2 aromatic carbocycles. The van der Waals surface area contributed by atoms with Crippen molar-refractivity contribution in [2.75, 3.05) is 0 Å². The number of hydrogen-bond donors (Lipinski definition) is 0. The average molecular weight is 224 g/mol. The number of rotatable bonds is 0. The third-order valence-electron chi connectivity index (χ3n) is 3.64. The van der Waals surface area contributed by atoms with Crippen molar-refractivity contribution in [1.29, 1.82) is 0 Å². The summed E-state index contributed by atoms with van der Waals surface area (Å²) in [5.74, 6) is 1.98. The minimum Gasteiger partial charge on any atom is -0.457 e. The van der Waals surface area contributed by atoms with E-state index in [2.05, 4.69) is 51.1 Å². The van der Waals surface area contributed by atoms with Crippen LogP contribution < -0.4 is 4.74 Å². The monoisotopic (exact) mass is 224 g/mol. The number of aryl methyl sites for hydroxylation is 1. The van der Waals surface area contributed by atoms with Crippen molar-refractivity contribution >= 4 is 0 Å². The zero-order chi connectivity index (χ0) is 12.0. The molecule has 0 bridgehead atoms. The van der Waals surface area contributed by atoms with E-state index in [1.165, 1.54) is 16.7 Å². The van der Waals surface area contributed by atoms with Crippen LogP contribution in [0.2, 0.25) is 0 Å². The van der Waals surface area contributed by atoms with Crippen LogP contribution in [0.25, 0.3) is 0 Å². The van der Waals surface area contributed by atoms with Crippen LogP contribution in [0.3, 0.4) is 0 Å². The highest BCUT2D eigenvalue weighted by atomic mass is 16.5. The van der Waals surface area contributed by atoms with Gasteiger partial charge in [-0.25, -0.2) is 0 Å². The molecule has 0 N–H and O–H groups in total. The number of para-hydroxylation sites is 1. The summed E-state index contributed by atoms with van der Waals surface area (Å²) >= 11 is 0. The third-order valence-corrected chi connectivity index (χ3v) is 3.64. The lowest BCUT2D eigenvalue weighted by molar-refractivity contribution is 0.416. The molecule has 0 amide bonds. The normalized spacial score (nSPS) is 15.7. The maximum absolute atomic E-state index is 5.99. The number of ether oxygens (including phenoxy) is 1. The SMILES string of the molecule is Cc1cccc2c1C(C)(C)c1ccccc1O2. The van der Waals surface area contributed by atoms with E-state index in [1.54, 1.807) is 0 Å². The van der Waals surface area contributed by atoms with Gasteiger partial charge in [-0.1, -0.05) is 44.2 Å². The van der Waals surface area contributed by atoms with E-state index in [9.17, 15) is 0 Å². The van der Waals surface area contributed by atoms with Gasteiger partial charge in [0.25, 0.3) is 0 Å². The third kappa shape index (κ3) is 1.39. The Hall–Kier alpha value is -1.76. The molecule has 0 spiro atoms. The first-order valence-electron chi connectivity index (χ1n) is 5.98. The van der Waals surface area contributed by atoms with E-state index < -0.39 is 0 Å². The lowest BCUT2D eigenvalue weighted by atomic mass is 9.74. The lowest BCUT2D eigenvalue weighted by Gasteiger charge is -2.35. The van der Waals surface area contributed by atoms with E-state index in [0.717, 1.165) is 11.5 Å². The Balaban J connectivity index is 2.32. The molecule has 86 valence electrons. The van der Waals surface area contributed by atoms with Crippen LogP contribution in [0.1, 0.15) is 30.5 Å². The molecule has 0 saturated heterocycles. The molecule has 0 radical (unpaired) electrons. The topological polar surface area (TPSA) is 9.23 Å². The highest BCUT2D eigenvalue weighted by Crippen LogP contribution is 2.48. The zero-order valence-corrected chi connectivity index (χ0v) is 10.4. The molecule has 0 saturated carbocycles. The van der Waals surface area contributed by atoms with Crippen LogP contribution in [-0.2, 0) is 5.41 Å². The maximum atomic E-state index is 5.99. The zero-order valence-electron chi connectivity index (χ0n) is 10.4. The van der Waals surface area contributed by atoms with Crippen molar-refractivity contribution in [3.8, 4) is 11.5 Å². The second-order valence-corrected chi connectivity index (χ2v) is 5.17. The predicted octanol–water partition coefficient (Wildman–Crippen LogP) is 4.43. The lowest BCUT2D eigenvalue weighted by Crippen LogP contribution is -2.25. The van der Waals surface area contributed by atoms with Gasteiger partial charge in [-0.3, -0.25) is 0 Å². The Bertz CT molecular complexity index is 582. The molecule has 0 unspecified atom stereocenters. The van der Waals surface area contributed by atoms with Crippen molar-refractivity contribution in [3.63, 3.8) is 0 Å². The van der Waals surface area contributed by atoms with E-state index >= 15 is 0 Å². The molecule has 1 heteroatoms. The fourth-order valence-electron chi connectivity index (χ4n) is 2.85. The van der Waals surface area contributed by atoms with Crippen LogP contribution in [0.15, 0.2) is 42.5 Å². The quantitative estimate of drug-likeness (QED) is 0.643. The van der Waals surface area contributed by atoms with Gasteiger partial charge in [-0.15, -0.1) is 0 Å². The number of benzene rings is 2. The van der Waals surface area contributed by atoms with Gasteiger partial charge in [0, 0.05) is 16.5 Å². The molecule has 1 heterocycles. The molecule has 0 atom stereocenters. The second-order valence-electron chi connectivity index (χ2n) is 5.17. The molecule has 2 aromatic rings. The van der Waals surface area contributed by atoms with Crippen LogP contribution in [0.5, 0.6) is 11.5 Å². The predicted molar refractivity (Wildman–Crippen MR) is 69.8 cm³/mol. The minimum absolute atomic E-state index is 0.00944. The average Bonchev–Trinajstić information content (AvgIpc) is 2.28. The Labute approximate surface area is 102 Å².